The molecule has 0 spiro atoms. The van der Waals surface area contributed by atoms with Crippen molar-refractivity contribution in [2.45, 2.75) is 22.8 Å². The van der Waals surface area contributed by atoms with Crippen LogP contribution < -0.4 is 5.32 Å². The Balaban J connectivity index is 2.00. The van der Waals surface area contributed by atoms with Gasteiger partial charge in [0.1, 0.15) is 0 Å². The maximum atomic E-state index is 3.42. The molecule has 8 heavy (non-hydrogen) atoms. The van der Waals surface area contributed by atoms with Gasteiger partial charge in [0, 0.05) is 0 Å². The molecule has 1 saturated heterocycles. The van der Waals surface area contributed by atoms with E-state index in [1.54, 1.807) is 9.95 Å². The zero-order chi connectivity index (χ0) is 5.66. The van der Waals surface area contributed by atoms with Gasteiger partial charge < -0.3 is 0 Å². The summed E-state index contributed by atoms with van der Waals surface area (Å²) < 4.78 is 0. The van der Waals surface area contributed by atoms with Crippen molar-refractivity contribution in [2.75, 3.05) is 13.1 Å². The van der Waals surface area contributed by atoms with Crippen molar-refractivity contribution in [1.29, 1.82) is 0 Å². The fraction of sp³-hybridized carbons (Fsp3) is 1.00. The van der Waals surface area contributed by atoms with E-state index in [0.717, 1.165) is 0 Å². The molecule has 0 radical (unpaired) electrons. The SMILES string of the molecule is C1CNCC[CH2][GaH][CH2]1. The van der Waals surface area contributed by atoms with Gasteiger partial charge in [0.2, 0.25) is 0 Å². The summed E-state index contributed by atoms with van der Waals surface area (Å²) in [6.07, 6.45) is 2.94. The van der Waals surface area contributed by atoms with Crippen molar-refractivity contribution >= 4 is 17.4 Å². The molecule has 0 aromatic rings. The molecule has 0 unspecified atom stereocenters. The molecule has 0 aromatic carbocycles. The zero-order valence-electron chi connectivity index (χ0n) is 5.45. The minimum absolute atomic E-state index is 0.0446. The molecule has 0 aliphatic carbocycles. The van der Waals surface area contributed by atoms with Gasteiger partial charge in [0.15, 0.2) is 0 Å². The van der Waals surface area contributed by atoms with Crippen molar-refractivity contribution in [1.82, 2.24) is 5.32 Å². The average Bonchev–Trinajstić information content (AvgIpc) is 1.62. The first-order valence-corrected chi connectivity index (χ1v) is 7.90. The van der Waals surface area contributed by atoms with Gasteiger partial charge in [-0.05, 0) is 0 Å². The summed E-state index contributed by atoms with van der Waals surface area (Å²) in [6.45, 7) is 2.59. The summed E-state index contributed by atoms with van der Waals surface area (Å²) >= 11 is 0.0446. The van der Waals surface area contributed by atoms with Crippen LogP contribution in [0.25, 0.3) is 0 Å². The topological polar surface area (TPSA) is 12.0 Å². The molecule has 0 bridgehead atoms. The van der Waals surface area contributed by atoms with Gasteiger partial charge >= 0.3 is 58.6 Å². The molecule has 2 heteroatoms. The first-order chi connectivity index (χ1) is 4.00. The van der Waals surface area contributed by atoms with E-state index in [0.29, 0.717) is 0 Å². The van der Waals surface area contributed by atoms with Crippen molar-refractivity contribution in [3.63, 3.8) is 0 Å². The van der Waals surface area contributed by atoms with Crippen LogP contribution in [0.1, 0.15) is 12.8 Å². The molecule has 1 N–H and O–H groups in total. The minimum atomic E-state index is 0.0446. The predicted octanol–water partition coefficient (Wildman–Crippen LogP) is 0.643. The second-order valence-electron chi connectivity index (χ2n) is 2.52. The first kappa shape index (κ1) is 6.71. The van der Waals surface area contributed by atoms with Crippen LogP contribution >= 0.6 is 0 Å². The quantitative estimate of drug-likeness (QED) is 0.526. The maximum absolute atomic E-state index is 3.42. The van der Waals surface area contributed by atoms with Crippen LogP contribution in [0.5, 0.6) is 0 Å². The Kier molecular flexibility index (Phi) is 3.75. The van der Waals surface area contributed by atoms with Gasteiger partial charge in [-0.15, -0.1) is 0 Å². The molecular formula is C6H14GaN. The van der Waals surface area contributed by atoms with Crippen LogP contribution in [0.3, 0.4) is 0 Å². The van der Waals surface area contributed by atoms with Gasteiger partial charge in [0.25, 0.3) is 0 Å². The van der Waals surface area contributed by atoms with E-state index < -0.39 is 0 Å². The number of nitrogens with one attached hydrogen (secondary N) is 1. The van der Waals surface area contributed by atoms with E-state index in [4.69, 9.17) is 0 Å². The van der Waals surface area contributed by atoms with Crippen molar-refractivity contribution < 1.29 is 0 Å². The molecule has 1 heterocycles. The third kappa shape index (κ3) is 2.80. The molecule has 1 nitrogen and oxygen atoms in total. The normalized spacial score (nSPS) is 23.0. The summed E-state index contributed by atoms with van der Waals surface area (Å²) in [4.78, 5) is 3.25. The Labute approximate surface area is 59.0 Å². The van der Waals surface area contributed by atoms with Crippen LogP contribution in [0, 0.1) is 0 Å². The van der Waals surface area contributed by atoms with Gasteiger partial charge in [-0.2, -0.15) is 0 Å². The second kappa shape index (κ2) is 4.47. The molecule has 0 aromatic heterocycles. The van der Waals surface area contributed by atoms with Gasteiger partial charge in [-0.25, -0.2) is 0 Å². The fourth-order valence-electron chi connectivity index (χ4n) is 1.16. The van der Waals surface area contributed by atoms with E-state index in [1.807, 2.05) is 0 Å². The summed E-state index contributed by atoms with van der Waals surface area (Å²) in [7, 11) is 0. The molecule has 46 valence electrons. The Morgan fingerprint density at radius 3 is 2.25 bits per heavy atom. The number of hydrogen-bond donors (Lipinski definition) is 1. The summed E-state index contributed by atoms with van der Waals surface area (Å²) in [6, 6.07) is 0. The molecule has 1 aliphatic heterocycles. The summed E-state index contributed by atoms with van der Waals surface area (Å²) in [5.41, 5.74) is 0. The Morgan fingerprint density at radius 1 is 1.00 bits per heavy atom. The van der Waals surface area contributed by atoms with Crippen molar-refractivity contribution in [3.05, 3.63) is 0 Å². The van der Waals surface area contributed by atoms with Gasteiger partial charge in [-0.1, -0.05) is 0 Å². The molecule has 0 atom stereocenters. The Bertz CT molecular complexity index is 32.5. The Hall–Kier alpha value is 0.596. The Morgan fingerprint density at radius 2 is 1.62 bits per heavy atom. The van der Waals surface area contributed by atoms with E-state index in [2.05, 4.69) is 5.32 Å². The number of hydrogen-bond acceptors (Lipinski definition) is 1. The fourth-order valence-corrected chi connectivity index (χ4v) is 4.43. The van der Waals surface area contributed by atoms with E-state index >= 15 is 0 Å². The molecular weight excluding hydrogens is 156 g/mol. The molecule has 0 amide bonds. The summed E-state index contributed by atoms with van der Waals surface area (Å²) in [5.74, 6) is 0. The van der Waals surface area contributed by atoms with Crippen LogP contribution in [-0.2, 0) is 0 Å². The third-order valence-corrected chi connectivity index (χ3v) is 5.90. The first-order valence-electron chi connectivity index (χ1n) is 3.71. The summed E-state index contributed by atoms with van der Waals surface area (Å²) in [5, 5.41) is 3.42. The van der Waals surface area contributed by atoms with Crippen LogP contribution in [0.4, 0.5) is 0 Å². The zero-order valence-corrected chi connectivity index (χ0v) is 8.42. The van der Waals surface area contributed by atoms with E-state index in [1.165, 1.54) is 25.9 Å². The van der Waals surface area contributed by atoms with Crippen LogP contribution in [0.15, 0.2) is 0 Å². The van der Waals surface area contributed by atoms with Crippen LogP contribution in [-0.4, -0.2) is 30.5 Å². The van der Waals surface area contributed by atoms with E-state index in [9.17, 15) is 0 Å². The second-order valence-corrected chi connectivity index (χ2v) is 6.97. The third-order valence-electron chi connectivity index (χ3n) is 1.71. The molecule has 1 fully saturated rings. The van der Waals surface area contributed by atoms with Crippen molar-refractivity contribution in [2.24, 2.45) is 0 Å². The molecule has 1 aliphatic rings. The molecule has 0 saturated carbocycles. The van der Waals surface area contributed by atoms with Crippen LogP contribution in [0.2, 0.25) is 9.95 Å². The standard InChI is InChI=1S/C6H13N.Ga.H/c1-3-5-7-6-4-2;;/h7H,1-6H2;;. The van der Waals surface area contributed by atoms with Gasteiger partial charge in [0.05, 0.1) is 0 Å². The monoisotopic (exact) mass is 169 g/mol. The van der Waals surface area contributed by atoms with Crippen molar-refractivity contribution in [3.8, 4) is 0 Å². The average molecular weight is 170 g/mol. The van der Waals surface area contributed by atoms with Gasteiger partial charge in [-0.3, -0.25) is 0 Å². The number of rotatable bonds is 0. The molecule has 1 rings (SSSR count). The van der Waals surface area contributed by atoms with E-state index in [-0.39, 0.29) is 17.4 Å². The predicted molar refractivity (Wildman–Crippen MR) is 38.9 cm³/mol.